The van der Waals surface area contributed by atoms with E-state index in [1.807, 2.05) is 0 Å². The van der Waals surface area contributed by atoms with Crippen LogP contribution in [-0.2, 0) is 10.2 Å². The first kappa shape index (κ1) is 14.3. The summed E-state index contributed by atoms with van der Waals surface area (Å²) in [6, 6.07) is 0.156. The van der Waals surface area contributed by atoms with Gasteiger partial charge >= 0.3 is 0 Å². The van der Waals surface area contributed by atoms with Crippen LogP contribution in [0.1, 0.15) is 52.4 Å². The van der Waals surface area contributed by atoms with Crippen LogP contribution in [0.25, 0.3) is 0 Å². The van der Waals surface area contributed by atoms with Gasteiger partial charge < -0.3 is 0 Å². The molecule has 18 heavy (non-hydrogen) atoms. The molecule has 1 heterocycles. The van der Waals surface area contributed by atoms with Gasteiger partial charge in [-0.05, 0) is 50.4 Å². The second kappa shape index (κ2) is 5.88. The standard InChI is InChI=1S/C13H26N2O2S/c1-11-5-7-13(8-6-11)14-18(16,17)15-9-3-4-12(2)10-15/h11-14H,3-10H2,1-2H3. The van der Waals surface area contributed by atoms with Gasteiger partial charge in [-0.25, -0.2) is 0 Å². The van der Waals surface area contributed by atoms with Crippen LogP contribution in [0, 0.1) is 11.8 Å². The van der Waals surface area contributed by atoms with Crippen molar-refractivity contribution in [3.8, 4) is 0 Å². The van der Waals surface area contributed by atoms with Crippen LogP contribution < -0.4 is 4.72 Å². The van der Waals surface area contributed by atoms with E-state index in [2.05, 4.69) is 18.6 Å². The van der Waals surface area contributed by atoms with Gasteiger partial charge in [0.1, 0.15) is 0 Å². The van der Waals surface area contributed by atoms with Crippen molar-refractivity contribution in [2.45, 2.75) is 58.4 Å². The van der Waals surface area contributed by atoms with E-state index >= 15 is 0 Å². The molecule has 0 spiro atoms. The van der Waals surface area contributed by atoms with Crippen molar-refractivity contribution in [1.29, 1.82) is 0 Å². The molecule has 0 radical (unpaired) electrons. The van der Waals surface area contributed by atoms with E-state index < -0.39 is 10.2 Å². The van der Waals surface area contributed by atoms with Gasteiger partial charge in [0.05, 0.1) is 0 Å². The molecule has 1 saturated heterocycles. The first-order valence-electron chi connectivity index (χ1n) is 7.25. The predicted octanol–water partition coefficient (Wildman–Crippen LogP) is 2.13. The third-order valence-corrected chi connectivity index (χ3v) is 5.93. The molecule has 1 aliphatic heterocycles. The maximum atomic E-state index is 12.3. The van der Waals surface area contributed by atoms with Crippen LogP contribution >= 0.6 is 0 Å². The van der Waals surface area contributed by atoms with Gasteiger partial charge in [-0.15, -0.1) is 0 Å². The lowest BCUT2D eigenvalue weighted by molar-refractivity contribution is 0.270. The summed E-state index contributed by atoms with van der Waals surface area (Å²) in [5.41, 5.74) is 0. The largest absolute Gasteiger partial charge is 0.279 e. The molecule has 5 heteroatoms. The van der Waals surface area contributed by atoms with Gasteiger partial charge in [0.2, 0.25) is 0 Å². The molecule has 0 bridgehead atoms. The van der Waals surface area contributed by atoms with Gasteiger partial charge in [-0.1, -0.05) is 13.8 Å². The van der Waals surface area contributed by atoms with Gasteiger partial charge in [0, 0.05) is 19.1 Å². The fourth-order valence-electron chi connectivity index (χ4n) is 3.03. The first-order chi connectivity index (χ1) is 8.47. The monoisotopic (exact) mass is 274 g/mol. The number of hydrogen-bond acceptors (Lipinski definition) is 2. The summed E-state index contributed by atoms with van der Waals surface area (Å²) in [5, 5.41) is 0. The second-order valence-electron chi connectivity index (χ2n) is 6.19. The number of nitrogens with zero attached hydrogens (tertiary/aromatic N) is 1. The molecule has 0 amide bonds. The van der Waals surface area contributed by atoms with E-state index in [-0.39, 0.29) is 6.04 Å². The van der Waals surface area contributed by atoms with Crippen LogP contribution in [0.4, 0.5) is 0 Å². The lowest BCUT2D eigenvalue weighted by Gasteiger charge is -2.33. The average molecular weight is 274 g/mol. The molecule has 2 aliphatic rings. The Labute approximate surface area is 111 Å². The molecule has 0 aromatic carbocycles. The zero-order valence-corrected chi connectivity index (χ0v) is 12.4. The summed E-state index contributed by atoms with van der Waals surface area (Å²) in [6.45, 7) is 5.74. The summed E-state index contributed by atoms with van der Waals surface area (Å²) in [4.78, 5) is 0. The molecule has 4 nitrogen and oxygen atoms in total. The Kier molecular flexibility index (Phi) is 4.67. The van der Waals surface area contributed by atoms with Crippen LogP contribution in [-0.4, -0.2) is 31.9 Å². The highest BCUT2D eigenvalue weighted by Gasteiger charge is 2.30. The first-order valence-corrected chi connectivity index (χ1v) is 8.69. The molecule has 1 unspecified atom stereocenters. The minimum absolute atomic E-state index is 0.156. The van der Waals surface area contributed by atoms with E-state index in [1.165, 1.54) is 0 Å². The summed E-state index contributed by atoms with van der Waals surface area (Å²) in [6.07, 6.45) is 6.40. The predicted molar refractivity (Wildman–Crippen MR) is 73.4 cm³/mol. The SMILES string of the molecule is CC1CCC(NS(=O)(=O)N2CCCC(C)C2)CC1. The molecule has 1 atom stereocenters. The van der Waals surface area contributed by atoms with Crippen LogP contribution in [0.15, 0.2) is 0 Å². The smallest absolute Gasteiger partial charge is 0.199 e. The van der Waals surface area contributed by atoms with Crippen LogP contribution in [0.5, 0.6) is 0 Å². The minimum atomic E-state index is -3.25. The number of hydrogen-bond donors (Lipinski definition) is 1. The summed E-state index contributed by atoms with van der Waals surface area (Å²) in [5.74, 6) is 1.24. The Morgan fingerprint density at radius 2 is 1.67 bits per heavy atom. The fraction of sp³-hybridized carbons (Fsp3) is 1.00. The van der Waals surface area contributed by atoms with E-state index in [0.717, 1.165) is 44.4 Å². The van der Waals surface area contributed by atoms with Crippen molar-refractivity contribution < 1.29 is 8.42 Å². The Hall–Kier alpha value is -0.130. The van der Waals surface area contributed by atoms with Gasteiger partial charge in [-0.3, -0.25) is 0 Å². The van der Waals surface area contributed by atoms with Crippen LogP contribution in [0.3, 0.4) is 0 Å². The van der Waals surface area contributed by atoms with E-state index in [0.29, 0.717) is 19.0 Å². The molecule has 2 rings (SSSR count). The molecule has 106 valence electrons. The Bertz CT molecular complexity index is 361. The van der Waals surface area contributed by atoms with Gasteiger partial charge in [0.15, 0.2) is 0 Å². The maximum Gasteiger partial charge on any atom is 0.279 e. The molecule has 1 N–H and O–H groups in total. The average Bonchev–Trinajstić information content (AvgIpc) is 2.32. The second-order valence-corrected chi connectivity index (χ2v) is 7.89. The molecule has 1 aliphatic carbocycles. The zero-order valence-electron chi connectivity index (χ0n) is 11.6. The van der Waals surface area contributed by atoms with E-state index in [9.17, 15) is 8.42 Å². The molecular weight excluding hydrogens is 248 g/mol. The molecule has 2 fully saturated rings. The Balaban J connectivity index is 1.90. The van der Waals surface area contributed by atoms with Gasteiger partial charge in [-0.2, -0.15) is 17.4 Å². The number of nitrogens with one attached hydrogen (secondary N) is 1. The van der Waals surface area contributed by atoms with Crippen molar-refractivity contribution in [3.05, 3.63) is 0 Å². The van der Waals surface area contributed by atoms with Crippen LogP contribution in [0.2, 0.25) is 0 Å². The maximum absolute atomic E-state index is 12.3. The highest BCUT2D eigenvalue weighted by Crippen LogP contribution is 2.25. The summed E-state index contributed by atoms with van der Waals surface area (Å²) in [7, 11) is -3.25. The van der Waals surface area contributed by atoms with Crippen molar-refractivity contribution >= 4 is 10.2 Å². The third kappa shape index (κ3) is 3.68. The summed E-state index contributed by atoms with van der Waals surface area (Å²) < 4.78 is 29.1. The lowest BCUT2D eigenvalue weighted by atomic mass is 9.88. The van der Waals surface area contributed by atoms with E-state index in [1.54, 1.807) is 4.31 Å². The quantitative estimate of drug-likeness (QED) is 0.857. The van der Waals surface area contributed by atoms with Crippen molar-refractivity contribution in [1.82, 2.24) is 9.03 Å². The Morgan fingerprint density at radius 1 is 1.00 bits per heavy atom. The fourth-order valence-corrected chi connectivity index (χ4v) is 4.65. The molecular formula is C13H26N2O2S. The normalized spacial score (nSPS) is 35.6. The van der Waals surface area contributed by atoms with Crippen molar-refractivity contribution in [2.24, 2.45) is 11.8 Å². The molecule has 0 aromatic heterocycles. The Morgan fingerprint density at radius 3 is 2.28 bits per heavy atom. The minimum Gasteiger partial charge on any atom is -0.199 e. The van der Waals surface area contributed by atoms with Gasteiger partial charge in [0.25, 0.3) is 10.2 Å². The van der Waals surface area contributed by atoms with E-state index in [4.69, 9.17) is 0 Å². The third-order valence-electron chi connectivity index (χ3n) is 4.29. The topological polar surface area (TPSA) is 49.4 Å². The number of piperidine rings is 1. The molecule has 1 saturated carbocycles. The zero-order chi connectivity index (χ0) is 13.2. The highest BCUT2D eigenvalue weighted by molar-refractivity contribution is 7.87. The molecule has 0 aromatic rings. The highest BCUT2D eigenvalue weighted by atomic mass is 32.2. The summed E-state index contributed by atoms with van der Waals surface area (Å²) >= 11 is 0. The van der Waals surface area contributed by atoms with Crippen molar-refractivity contribution in [3.63, 3.8) is 0 Å². The van der Waals surface area contributed by atoms with Crippen molar-refractivity contribution in [2.75, 3.05) is 13.1 Å². The number of rotatable bonds is 3. The lowest BCUT2D eigenvalue weighted by Crippen LogP contribution is -2.49.